The Morgan fingerprint density at radius 1 is 1.14 bits per heavy atom. The van der Waals surface area contributed by atoms with Crippen LogP contribution >= 0.6 is 15.9 Å². The van der Waals surface area contributed by atoms with Crippen molar-refractivity contribution in [1.29, 1.82) is 0 Å². The van der Waals surface area contributed by atoms with Crippen molar-refractivity contribution in [2.75, 3.05) is 26.4 Å². The molecule has 2 aromatic rings. The van der Waals surface area contributed by atoms with Gasteiger partial charge in [-0.1, -0.05) is 22.0 Å². The Kier molecular flexibility index (Phi) is 5.73. The van der Waals surface area contributed by atoms with Crippen molar-refractivity contribution < 1.29 is 18.3 Å². The molecule has 0 aromatic heterocycles. The van der Waals surface area contributed by atoms with E-state index in [4.69, 9.17) is 4.74 Å². The summed E-state index contributed by atoms with van der Waals surface area (Å²) in [5, 5.41) is 0. The van der Waals surface area contributed by atoms with Crippen LogP contribution in [0.2, 0.25) is 0 Å². The molecule has 0 bridgehead atoms. The van der Waals surface area contributed by atoms with Crippen molar-refractivity contribution in [3.63, 3.8) is 0 Å². The summed E-state index contributed by atoms with van der Waals surface area (Å²) in [7, 11) is 0. The van der Waals surface area contributed by atoms with Gasteiger partial charge in [0.1, 0.15) is 6.73 Å². The lowest BCUT2D eigenvalue weighted by Crippen LogP contribution is -2.48. The van der Waals surface area contributed by atoms with Gasteiger partial charge in [0, 0.05) is 36.2 Å². The Hall–Kier alpha value is -1.83. The summed E-state index contributed by atoms with van der Waals surface area (Å²) in [6.07, 6.45) is 1.53. The molecule has 2 saturated heterocycles. The molecule has 0 saturated carbocycles. The first-order valence-corrected chi connectivity index (χ1v) is 10.5. The Bertz CT molecular complexity index is 929. The first-order valence-electron chi connectivity index (χ1n) is 9.71. The highest BCUT2D eigenvalue weighted by molar-refractivity contribution is 9.10. The number of amides is 1. The van der Waals surface area contributed by atoms with Crippen LogP contribution in [0.15, 0.2) is 40.9 Å². The number of nitrogens with zero attached hydrogens (tertiary/aromatic N) is 2. The number of hydrogen-bond donors (Lipinski definition) is 0. The molecule has 4 rings (SSSR count). The standard InChI is InChI=1S/C22H23BrF2N2O2/c1-15-10-17(3-4-18(15)23)21(28)27-8-6-22(7-9-27)13-26(14-29-22)12-16-2-5-19(24)20(25)11-16/h2-5,10-11H,6-9,12-14H2,1H3. The van der Waals surface area contributed by atoms with Crippen LogP contribution in [0.5, 0.6) is 0 Å². The monoisotopic (exact) mass is 464 g/mol. The van der Waals surface area contributed by atoms with Crippen LogP contribution in [0.4, 0.5) is 8.78 Å². The van der Waals surface area contributed by atoms with Gasteiger partial charge in [-0.3, -0.25) is 9.69 Å². The average molecular weight is 465 g/mol. The summed E-state index contributed by atoms with van der Waals surface area (Å²) in [4.78, 5) is 16.8. The highest BCUT2D eigenvalue weighted by atomic mass is 79.9. The number of piperidine rings is 1. The summed E-state index contributed by atoms with van der Waals surface area (Å²) in [5.74, 6) is -1.61. The highest BCUT2D eigenvalue weighted by Crippen LogP contribution is 2.33. The van der Waals surface area contributed by atoms with Crippen molar-refractivity contribution in [3.8, 4) is 0 Å². The van der Waals surface area contributed by atoms with Gasteiger partial charge in [-0.15, -0.1) is 0 Å². The molecule has 2 fully saturated rings. The van der Waals surface area contributed by atoms with E-state index in [1.54, 1.807) is 6.07 Å². The number of benzene rings is 2. The predicted octanol–water partition coefficient (Wildman–Crippen LogP) is 4.50. The molecule has 2 heterocycles. The van der Waals surface area contributed by atoms with E-state index >= 15 is 0 Å². The van der Waals surface area contributed by atoms with Gasteiger partial charge in [0.2, 0.25) is 0 Å². The molecule has 2 aromatic carbocycles. The van der Waals surface area contributed by atoms with Gasteiger partial charge >= 0.3 is 0 Å². The molecule has 1 amide bonds. The number of aryl methyl sites for hydroxylation is 1. The van der Waals surface area contributed by atoms with Gasteiger partial charge in [-0.25, -0.2) is 8.78 Å². The third-order valence-corrected chi connectivity index (χ3v) is 6.71. The maximum atomic E-state index is 13.4. The third-order valence-electron chi connectivity index (χ3n) is 5.82. The minimum atomic E-state index is -0.833. The smallest absolute Gasteiger partial charge is 0.253 e. The largest absolute Gasteiger partial charge is 0.358 e. The van der Waals surface area contributed by atoms with E-state index in [1.807, 2.05) is 30.0 Å². The fraction of sp³-hybridized carbons (Fsp3) is 0.409. The first-order chi connectivity index (χ1) is 13.8. The lowest BCUT2D eigenvalue weighted by molar-refractivity contribution is -0.0352. The molecular weight excluding hydrogens is 442 g/mol. The molecule has 2 aliphatic heterocycles. The summed E-state index contributed by atoms with van der Waals surface area (Å²) in [5.41, 5.74) is 2.19. The number of likely N-dealkylation sites (tertiary alicyclic amines) is 1. The molecule has 0 radical (unpaired) electrons. The molecule has 4 nitrogen and oxygen atoms in total. The van der Waals surface area contributed by atoms with Gasteiger partial charge < -0.3 is 9.64 Å². The Morgan fingerprint density at radius 2 is 1.90 bits per heavy atom. The van der Waals surface area contributed by atoms with Gasteiger partial charge in [0.25, 0.3) is 5.91 Å². The topological polar surface area (TPSA) is 32.8 Å². The molecule has 0 aliphatic carbocycles. The summed E-state index contributed by atoms with van der Waals surface area (Å²) >= 11 is 3.47. The van der Waals surface area contributed by atoms with Crippen molar-refractivity contribution in [2.45, 2.75) is 31.9 Å². The zero-order chi connectivity index (χ0) is 20.6. The van der Waals surface area contributed by atoms with E-state index in [9.17, 15) is 13.6 Å². The third kappa shape index (κ3) is 4.37. The van der Waals surface area contributed by atoms with Gasteiger partial charge in [-0.2, -0.15) is 0 Å². The maximum Gasteiger partial charge on any atom is 0.253 e. The Labute approximate surface area is 177 Å². The van der Waals surface area contributed by atoms with Crippen LogP contribution in [-0.2, 0) is 11.3 Å². The highest BCUT2D eigenvalue weighted by Gasteiger charge is 2.42. The van der Waals surface area contributed by atoms with E-state index < -0.39 is 11.6 Å². The SMILES string of the molecule is Cc1cc(C(=O)N2CCC3(CC2)CN(Cc2ccc(F)c(F)c2)CO3)ccc1Br. The Morgan fingerprint density at radius 3 is 2.59 bits per heavy atom. The predicted molar refractivity (Wildman–Crippen MR) is 109 cm³/mol. The number of halogens is 3. The summed E-state index contributed by atoms with van der Waals surface area (Å²) in [6, 6.07) is 9.66. The number of carbonyl (C=O) groups excluding carboxylic acids is 1. The lowest BCUT2D eigenvalue weighted by Gasteiger charge is -2.38. The van der Waals surface area contributed by atoms with Crippen molar-refractivity contribution >= 4 is 21.8 Å². The van der Waals surface area contributed by atoms with Crippen LogP contribution in [0, 0.1) is 18.6 Å². The minimum absolute atomic E-state index is 0.0482. The van der Waals surface area contributed by atoms with Crippen LogP contribution in [-0.4, -0.2) is 47.7 Å². The van der Waals surface area contributed by atoms with Crippen LogP contribution in [0.3, 0.4) is 0 Å². The minimum Gasteiger partial charge on any atom is -0.358 e. The number of carbonyl (C=O) groups is 1. The van der Waals surface area contributed by atoms with Gasteiger partial charge in [0.15, 0.2) is 11.6 Å². The fourth-order valence-electron chi connectivity index (χ4n) is 4.10. The fourth-order valence-corrected chi connectivity index (χ4v) is 4.35. The summed E-state index contributed by atoms with van der Waals surface area (Å²) in [6.45, 7) is 4.96. The zero-order valence-corrected chi connectivity index (χ0v) is 17.8. The molecule has 154 valence electrons. The quantitative estimate of drug-likeness (QED) is 0.670. The molecular formula is C22H23BrF2N2O2. The van der Waals surface area contributed by atoms with Crippen molar-refractivity contribution in [3.05, 3.63) is 69.2 Å². The van der Waals surface area contributed by atoms with E-state index in [1.165, 1.54) is 6.07 Å². The second-order valence-electron chi connectivity index (χ2n) is 7.95. The van der Waals surface area contributed by atoms with Crippen molar-refractivity contribution in [2.24, 2.45) is 0 Å². The van der Waals surface area contributed by atoms with E-state index in [-0.39, 0.29) is 11.5 Å². The summed E-state index contributed by atoms with van der Waals surface area (Å²) < 4.78 is 33.7. The second-order valence-corrected chi connectivity index (χ2v) is 8.80. The molecule has 29 heavy (non-hydrogen) atoms. The molecule has 1 spiro atoms. The molecule has 7 heteroatoms. The normalized spacial score (nSPS) is 19.1. The van der Waals surface area contributed by atoms with E-state index in [2.05, 4.69) is 20.8 Å². The van der Waals surface area contributed by atoms with Crippen LogP contribution < -0.4 is 0 Å². The first kappa shape index (κ1) is 20.4. The van der Waals surface area contributed by atoms with Gasteiger partial charge in [0.05, 0.1) is 5.60 Å². The Balaban J connectivity index is 1.34. The van der Waals surface area contributed by atoms with Crippen LogP contribution in [0.25, 0.3) is 0 Å². The molecule has 0 unspecified atom stereocenters. The molecule has 0 N–H and O–H groups in total. The molecule has 2 aliphatic rings. The number of rotatable bonds is 3. The number of hydrogen-bond acceptors (Lipinski definition) is 3. The maximum absolute atomic E-state index is 13.4. The number of ether oxygens (including phenoxy) is 1. The molecule has 0 atom stereocenters. The second kappa shape index (κ2) is 8.13. The van der Waals surface area contributed by atoms with Gasteiger partial charge in [-0.05, 0) is 61.2 Å². The van der Waals surface area contributed by atoms with Crippen LogP contribution in [0.1, 0.15) is 34.3 Å². The average Bonchev–Trinajstić information content (AvgIpc) is 3.09. The van der Waals surface area contributed by atoms with Crippen molar-refractivity contribution in [1.82, 2.24) is 9.80 Å². The zero-order valence-electron chi connectivity index (χ0n) is 16.3. The van der Waals surface area contributed by atoms with E-state index in [0.29, 0.717) is 31.9 Å². The lowest BCUT2D eigenvalue weighted by atomic mass is 9.91. The van der Waals surface area contributed by atoms with E-state index in [0.717, 1.165) is 41.1 Å².